The molecule has 0 aliphatic carbocycles. The van der Waals surface area contributed by atoms with E-state index in [2.05, 4.69) is 41.1 Å². The lowest BCUT2D eigenvalue weighted by Crippen LogP contribution is -2.31. The van der Waals surface area contributed by atoms with Gasteiger partial charge in [-0.25, -0.2) is 4.98 Å². The van der Waals surface area contributed by atoms with Crippen molar-refractivity contribution in [3.8, 4) is 0 Å². The number of nitrogens with one attached hydrogen (secondary N) is 1. The lowest BCUT2D eigenvalue weighted by molar-refractivity contribution is 0.284. The highest BCUT2D eigenvalue weighted by atomic mass is 15.1. The maximum Gasteiger partial charge on any atom is 0.144 e. The van der Waals surface area contributed by atoms with Gasteiger partial charge in [0.15, 0.2) is 0 Å². The standard InChI is InChI=1S/C11H20N4/c1-9(2)15(4)6-5-13-11-8-12-7-10(3)14-11/h7-9H,5-6H2,1-4H3,(H,13,14). The van der Waals surface area contributed by atoms with Gasteiger partial charge in [0, 0.05) is 25.3 Å². The number of hydrogen-bond donors (Lipinski definition) is 1. The first-order chi connectivity index (χ1) is 7.09. The molecule has 0 saturated heterocycles. The maximum atomic E-state index is 4.32. The van der Waals surface area contributed by atoms with Gasteiger partial charge in [-0.2, -0.15) is 0 Å². The number of hydrogen-bond acceptors (Lipinski definition) is 4. The first kappa shape index (κ1) is 11.9. The molecule has 1 N–H and O–H groups in total. The van der Waals surface area contributed by atoms with Crippen LogP contribution in [-0.4, -0.2) is 41.0 Å². The van der Waals surface area contributed by atoms with Crippen molar-refractivity contribution < 1.29 is 0 Å². The molecule has 0 unspecified atom stereocenters. The minimum atomic E-state index is 0.579. The Morgan fingerprint density at radius 1 is 1.40 bits per heavy atom. The Balaban J connectivity index is 2.32. The van der Waals surface area contributed by atoms with Crippen LogP contribution in [0.4, 0.5) is 5.82 Å². The average Bonchev–Trinajstić information content (AvgIpc) is 2.17. The van der Waals surface area contributed by atoms with Crippen LogP contribution in [0.1, 0.15) is 19.5 Å². The summed E-state index contributed by atoms with van der Waals surface area (Å²) in [6.45, 7) is 8.22. The zero-order valence-corrected chi connectivity index (χ0v) is 9.99. The Morgan fingerprint density at radius 3 is 2.73 bits per heavy atom. The smallest absolute Gasteiger partial charge is 0.144 e. The van der Waals surface area contributed by atoms with Gasteiger partial charge < -0.3 is 10.2 Å². The molecule has 0 saturated carbocycles. The molecule has 0 aliphatic rings. The molecule has 1 rings (SSSR count). The van der Waals surface area contributed by atoms with Crippen LogP contribution in [0.15, 0.2) is 12.4 Å². The van der Waals surface area contributed by atoms with Crippen LogP contribution in [0.3, 0.4) is 0 Å². The first-order valence-electron chi connectivity index (χ1n) is 5.32. The van der Waals surface area contributed by atoms with Crippen molar-refractivity contribution in [1.29, 1.82) is 0 Å². The molecule has 4 nitrogen and oxygen atoms in total. The van der Waals surface area contributed by atoms with Crippen LogP contribution in [0.5, 0.6) is 0 Å². The third-order valence-corrected chi connectivity index (χ3v) is 2.41. The van der Waals surface area contributed by atoms with E-state index in [0.29, 0.717) is 6.04 Å². The molecular formula is C11H20N4. The van der Waals surface area contributed by atoms with Gasteiger partial charge >= 0.3 is 0 Å². The Kier molecular flexibility index (Phi) is 4.49. The minimum absolute atomic E-state index is 0.579. The number of nitrogens with zero attached hydrogens (tertiary/aromatic N) is 3. The zero-order valence-electron chi connectivity index (χ0n) is 9.99. The topological polar surface area (TPSA) is 41.1 Å². The van der Waals surface area contributed by atoms with E-state index in [4.69, 9.17) is 0 Å². The van der Waals surface area contributed by atoms with Gasteiger partial charge in [-0.15, -0.1) is 0 Å². The lowest BCUT2D eigenvalue weighted by Gasteiger charge is -2.20. The van der Waals surface area contributed by atoms with Gasteiger partial charge in [-0.1, -0.05) is 0 Å². The van der Waals surface area contributed by atoms with Gasteiger partial charge in [0.05, 0.1) is 11.9 Å². The summed E-state index contributed by atoms with van der Waals surface area (Å²) in [5, 5.41) is 3.26. The summed E-state index contributed by atoms with van der Waals surface area (Å²) in [7, 11) is 2.12. The summed E-state index contributed by atoms with van der Waals surface area (Å²) in [5.41, 5.74) is 0.942. The van der Waals surface area contributed by atoms with Crippen LogP contribution in [0, 0.1) is 6.92 Å². The van der Waals surface area contributed by atoms with Crippen LogP contribution in [-0.2, 0) is 0 Å². The molecule has 0 bridgehead atoms. The van der Waals surface area contributed by atoms with E-state index < -0.39 is 0 Å². The predicted octanol–water partition coefficient (Wildman–Crippen LogP) is 1.54. The van der Waals surface area contributed by atoms with Gasteiger partial charge in [0.1, 0.15) is 5.82 Å². The SMILES string of the molecule is Cc1cncc(NCCN(C)C(C)C)n1. The van der Waals surface area contributed by atoms with Crippen LogP contribution in [0.2, 0.25) is 0 Å². The van der Waals surface area contributed by atoms with Gasteiger partial charge in [0.25, 0.3) is 0 Å². The monoisotopic (exact) mass is 208 g/mol. The molecule has 1 aromatic rings. The van der Waals surface area contributed by atoms with E-state index in [1.807, 2.05) is 6.92 Å². The highest BCUT2D eigenvalue weighted by Crippen LogP contribution is 2.00. The van der Waals surface area contributed by atoms with Crippen LogP contribution in [0.25, 0.3) is 0 Å². The second-order valence-corrected chi connectivity index (χ2v) is 4.05. The second-order valence-electron chi connectivity index (χ2n) is 4.05. The summed E-state index contributed by atoms with van der Waals surface area (Å²) in [5.74, 6) is 0.854. The van der Waals surface area contributed by atoms with Crippen LogP contribution < -0.4 is 5.32 Å². The molecule has 0 amide bonds. The average molecular weight is 208 g/mol. The fraction of sp³-hybridized carbons (Fsp3) is 0.636. The predicted molar refractivity (Wildman–Crippen MR) is 63.0 cm³/mol. The van der Waals surface area contributed by atoms with Gasteiger partial charge in [-0.3, -0.25) is 4.98 Å². The second kappa shape index (κ2) is 5.66. The highest BCUT2D eigenvalue weighted by Gasteiger charge is 2.02. The molecular weight excluding hydrogens is 188 g/mol. The molecule has 0 spiro atoms. The van der Waals surface area contributed by atoms with Crippen molar-refractivity contribution in [3.05, 3.63) is 18.1 Å². The molecule has 1 aromatic heterocycles. The molecule has 84 valence electrons. The number of aryl methyl sites for hydroxylation is 1. The number of anilines is 1. The van der Waals surface area contributed by atoms with E-state index >= 15 is 0 Å². The van der Waals surface area contributed by atoms with E-state index in [1.54, 1.807) is 12.4 Å². The summed E-state index contributed by atoms with van der Waals surface area (Å²) in [4.78, 5) is 10.7. The zero-order chi connectivity index (χ0) is 11.3. The molecule has 4 heteroatoms. The van der Waals surface area contributed by atoms with Crippen molar-refractivity contribution in [2.24, 2.45) is 0 Å². The van der Waals surface area contributed by atoms with E-state index in [1.165, 1.54) is 0 Å². The van der Waals surface area contributed by atoms with Crippen molar-refractivity contribution >= 4 is 5.82 Å². The Morgan fingerprint density at radius 2 is 2.13 bits per heavy atom. The maximum absolute atomic E-state index is 4.32. The van der Waals surface area contributed by atoms with E-state index in [0.717, 1.165) is 24.6 Å². The fourth-order valence-corrected chi connectivity index (χ4v) is 1.17. The van der Waals surface area contributed by atoms with Crippen molar-refractivity contribution in [2.75, 3.05) is 25.5 Å². The number of rotatable bonds is 5. The first-order valence-corrected chi connectivity index (χ1v) is 5.32. The molecule has 1 heterocycles. The third kappa shape index (κ3) is 4.25. The Bertz CT molecular complexity index is 298. The van der Waals surface area contributed by atoms with Crippen molar-refractivity contribution in [1.82, 2.24) is 14.9 Å². The molecule has 0 fully saturated rings. The van der Waals surface area contributed by atoms with Crippen molar-refractivity contribution in [2.45, 2.75) is 26.8 Å². The third-order valence-electron chi connectivity index (χ3n) is 2.41. The Labute approximate surface area is 91.7 Å². The minimum Gasteiger partial charge on any atom is -0.368 e. The highest BCUT2D eigenvalue weighted by molar-refractivity contribution is 5.31. The fourth-order valence-electron chi connectivity index (χ4n) is 1.17. The molecule has 0 aromatic carbocycles. The number of likely N-dealkylation sites (N-methyl/N-ethyl adjacent to an activating group) is 1. The van der Waals surface area contributed by atoms with Gasteiger partial charge in [-0.05, 0) is 27.8 Å². The summed E-state index contributed by atoms with van der Waals surface area (Å²) >= 11 is 0. The largest absolute Gasteiger partial charge is 0.368 e. The van der Waals surface area contributed by atoms with E-state index in [-0.39, 0.29) is 0 Å². The molecule has 15 heavy (non-hydrogen) atoms. The van der Waals surface area contributed by atoms with E-state index in [9.17, 15) is 0 Å². The summed E-state index contributed by atoms with van der Waals surface area (Å²) in [6, 6.07) is 0.579. The van der Waals surface area contributed by atoms with Gasteiger partial charge in [0.2, 0.25) is 0 Å². The normalized spacial score (nSPS) is 11.1. The summed E-state index contributed by atoms with van der Waals surface area (Å²) < 4.78 is 0. The molecule has 0 radical (unpaired) electrons. The molecule has 0 aliphatic heterocycles. The molecule has 0 atom stereocenters. The lowest BCUT2D eigenvalue weighted by atomic mass is 10.3. The summed E-state index contributed by atoms with van der Waals surface area (Å²) in [6.07, 6.45) is 3.51. The number of aromatic nitrogens is 2. The van der Waals surface area contributed by atoms with Crippen molar-refractivity contribution in [3.63, 3.8) is 0 Å². The van der Waals surface area contributed by atoms with Crippen LogP contribution >= 0.6 is 0 Å². The quantitative estimate of drug-likeness (QED) is 0.797. The Hall–Kier alpha value is -1.16.